The van der Waals surface area contributed by atoms with E-state index in [1.165, 1.54) is 12.3 Å². The van der Waals surface area contributed by atoms with Gasteiger partial charge in [0.2, 0.25) is 5.88 Å². The molecule has 0 saturated heterocycles. The molecule has 0 bridgehead atoms. The zero-order chi connectivity index (χ0) is 15.2. The summed E-state index contributed by atoms with van der Waals surface area (Å²) in [6.07, 6.45) is 2.19. The normalized spacial score (nSPS) is 13.7. The first-order chi connectivity index (χ1) is 9.84. The Kier molecular flexibility index (Phi) is 3.04. The number of rotatable bonds is 2. The molecule has 3 aromatic rings. The fraction of sp³-hybridized carbons (Fsp3) is 0.0909. The van der Waals surface area contributed by atoms with Crippen molar-refractivity contribution in [2.75, 3.05) is 0 Å². The highest BCUT2D eigenvalue weighted by Crippen LogP contribution is 2.28. The minimum absolute atomic E-state index is 0.349. The van der Waals surface area contributed by atoms with Crippen molar-refractivity contribution in [1.29, 1.82) is 0 Å². The quantitative estimate of drug-likeness (QED) is 0.738. The van der Waals surface area contributed by atoms with Gasteiger partial charge in [-0.2, -0.15) is 13.2 Å². The van der Waals surface area contributed by atoms with E-state index in [-0.39, 0.29) is 0 Å². The molecule has 110 valence electrons. The molecule has 0 aromatic carbocycles. The van der Waals surface area contributed by atoms with Crippen LogP contribution in [0, 0.1) is 5.82 Å². The van der Waals surface area contributed by atoms with Crippen LogP contribution in [-0.4, -0.2) is 24.7 Å². The third-order valence-electron chi connectivity index (χ3n) is 2.63. The number of nitrogens with one attached hydrogen (secondary N) is 1. The van der Waals surface area contributed by atoms with Crippen LogP contribution in [0.2, 0.25) is 0 Å². The Morgan fingerprint density at radius 2 is 1.90 bits per heavy atom. The Balaban J connectivity index is 2.08. The molecule has 3 aromatic heterocycles. The van der Waals surface area contributed by atoms with Crippen molar-refractivity contribution in [1.82, 2.24) is 15.0 Å². The summed E-state index contributed by atoms with van der Waals surface area (Å²) >= 11 is -3.52. The molecule has 0 fully saturated rings. The summed E-state index contributed by atoms with van der Waals surface area (Å²) in [5.41, 5.74) is -4.22. The van der Waals surface area contributed by atoms with Crippen molar-refractivity contribution in [2.24, 2.45) is 0 Å². The maximum atomic E-state index is 13.2. The van der Waals surface area contributed by atoms with Gasteiger partial charge < -0.3 is 9.17 Å². The Hall–Kier alpha value is -2.23. The molecule has 0 saturated carbocycles. The molecule has 0 spiro atoms. The molecular formula is C11H5F4N3O2S. The van der Waals surface area contributed by atoms with Crippen LogP contribution in [0.3, 0.4) is 0 Å². The highest BCUT2D eigenvalue weighted by atomic mass is 32.2. The Bertz CT molecular complexity index is 862. The zero-order valence-electron chi connectivity index (χ0n) is 9.94. The lowest BCUT2D eigenvalue weighted by Crippen LogP contribution is -2.21. The summed E-state index contributed by atoms with van der Waals surface area (Å²) < 4.78 is 64.8. The molecular weight excluding hydrogens is 314 g/mol. The van der Waals surface area contributed by atoms with Crippen molar-refractivity contribution < 1.29 is 26.0 Å². The second-order valence-electron chi connectivity index (χ2n) is 4.01. The van der Waals surface area contributed by atoms with Gasteiger partial charge in [0.25, 0.3) is 0 Å². The van der Waals surface area contributed by atoms with Gasteiger partial charge in [-0.1, -0.05) is 0 Å². The van der Waals surface area contributed by atoms with E-state index >= 15 is 0 Å². The van der Waals surface area contributed by atoms with Crippen molar-refractivity contribution in [3.63, 3.8) is 0 Å². The first-order valence-electron chi connectivity index (χ1n) is 5.44. The van der Waals surface area contributed by atoms with Crippen LogP contribution in [0.1, 0.15) is 0 Å². The van der Waals surface area contributed by atoms with E-state index in [4.69, 9.17) is 0 Å². The summed E-state index contributed by atoms with van der Waals surface area (Å²) in [5.74, 6) is -1.08. The number of fused-ring (bicyclic) bond motifs is 3. The van der Waals surface area contributed by atoms with Crippen LogP contribution in [0.15, 0.2) is 24.5 Å². The lowest BCUT2D eigenvalue weighted by molar-refractivity contribution is -0.0438. The zero-order valence-corrected chi connectivity index (χ0v) is 10.8. The summed E-state index contributed by atoms with van der Waals surface area (Å²) in [7, 11) is 0. The Morgan fingerprint density at radius 1 is 1.14 bits per heavy atom. The van der Waals surface area contributed by atoms with Gasteiger partial charge >= 0.3 is 16.6 Å². The van der Waals surface area contributed by atoms with Crippen molar-refractivity contribution in [3.05, 3.63) is 30.3 Å². The number of halogens is 4. The topological polar surface area (TPSA) is 67.9 Å². The predicted octanol–water partition coefficient (Wildman–Crippen LogP) is 2.81. The summed E-state index contributed by atoms with van der Waals surface area (Å²) in [6.45, 7) is 0. The standard InChI is InChI=1S/C11H5F4N3O2S/c12-5-1-7-6-2-9(20-21(19)11(13,14)15)16-4-8(6)18-10(7)17-3-5/h1-4H,(H,17,18). The monoisotopic (exact) mass is 319 g/mol. The van der Waals surface area contributed by atoms with E-state index in [1.54, 1.807) is 0 Å². The van der Waals surface area contributed by atoms with Crippen LogP contribution < -0.4 is 4.18 Å². The molecule has 1 atom stereocenters. The molecule has 1 unspecified atom stereocenters. The van der Waals surface area contributed by atoms with Crippen LogP contribution in [0.4, 0.5) is 17.6 Å². The van der Waals surface area contributed by atoms with Gasteiger partial charge in [0.15, 0.2) is 0 Å². The van der Waals surface area contributed by atoms with Crippen molar-refractivity contribution in [2.45, 2.75) is 5.51 Å². The van der Waals surface area contributed by atoms with Gasteiger partial charge in [-0.3, -0.25) is 0 Å². The number of alkyl halides is 3. The molecule has 3 heterocycles. The fourth-order valence-corrected chi connectivity index (χ4v) is 2.14. The van der Waals surface area contributed by atoms with E-state index in [0.29, 0.717) is 21.9 Å². The molecule has 10 heteroatoms. The molecule has 0 aliphatic rings. The summed E-state index contributed by atoms with van der Waals surface area (Å²) in [5, 5.41) is 0.719. The molecule has 1 N–H and O–H groups in total. The highest BCUT2D eigenvalue weighted by molar-refractivity contribution is 7.81. The van der Waals surface area contributed by atoms with E-state index in [0.717, 1.165) is 12.3 Å². The first-order valence-corrected chi connectivity index (χ1v) is 6.52. The van der Waals surface area contributed by atoms with Gasteiger partial charge in [-0.25, -0.2) is 18.6 Å². The van der Waals surface area contributed by atoms with E-state index in [2.05, 4.69) is 19.1 Å². The van der Waals surface area contributed by atoms with Crippen LogP contribution >= 0.6 is 0 Å². The molecule has 0 amide bonds. The van der Waals surface area contributed by atoms with Crippen molar-refractivity contribution >= 4 is 33.0 Å². The van der Waals surface area contributed by atoms with Gasteiger partial charge in [-0.15, -0.1) is 0 Å². The SMILES string of the molecule is O=S(Oc1cc2c(cn1)[nH]c1ncc(F)cc12)C(F)(F)F. The fourth-order valence-electron chi connectivity index (χ4n) is 1.80. The third-order valence-corrected chi connectivity index (χ3v) is 3.33. The lowest BCUT2D eigenvalue weighted by atomic mass is 10.2. The summed E-state index contributed by atoms with van der Waals surface area (Å²) in [6, 6.07) is 2.31. The van der Waals surface area contributed by atoms with E-state index in [9.17, 15) is 21.8 Å². The molecule has 0 aliphatic heterocycles. The minimum atomic E-state index is -5.01. The van der Waals surface area contributed by atoms with Gasteiger partial charge in [0.1, 0.15) is 11.5 Å². The van der Waals surface area contributed by atoms with Crippen molar-refractivity contribution in [3.8, 4) is 5.88 Å². The molecule has 5 nitrogen and oxygen atoms in total. The number of aromatic amines is 1. The van der Waals surface area contributed by atoms with Gasteiger partial charge in [0.05, 0.1) is 17.9 Å². The maximum absolute atomic E-state index is 13.2. The van der Waals surface area contributed by atoms with Gasteiger partial charge in [0, 0.05) is 16.8 Å². The predicted molar refractivity (Wildman–Crippen MR) is 66.2 cm³/mol. The average Bonchev–Trinajstić information content (AvgIpc) is 2.75. The number of pyridine rings is 2. The van der Waals surface area contributed by atoms with E-state index in [1.807, 2.05) is 0 Å². The number of aromatic nitrogens is 3. The number of nitrogens with zero attached hydrogens (tertiary/aromatic N) is 2. The second kappa shape index (κ2) is 4.65. The largest absolute Gasteiger partial charge is 0.508 e. The molecule has 3 rings (SSSR count). The average molecular weight is 319 g/mol. The Morgan fingerprint density at radius 3 is 2.62 bits per heavy atom. The lowest BCUT2D eigenvalue weighted by Gasteiger charge is -2.06. The number of H-pyrrole nitrogens is 1. The first kappa shape index (κ1) is 13.7. The molecule has 21 heavy (non-hydrogen) atoms. The van der Waals surface area contributed by atoms with Crippen LogP contribution in [-0.2, 0) is 11.1 Å². The highest BCUT2D eigenvalue weighted by Gasteiger charge is 2.40. The maximum Gasteiger partial charge on any atom is 0.508 e. The Labute approximate surface area is 116 Å². The number of hydrogen-bond donors (Lipinski definition) is 1. The summed E-state index contributed by atoms with van der Waals surface area (Å²) in [4.78, 5) is 10.2. The minimum Gasteiger partial charge on any atom is -0.373 e. The smallest absolute Gasteiger partial charge is 0.373 e. The molecule has 0 radical (unpaired) electrons. The number of hydrogen-bond acceptors (Lipinski definition) is 4. The molecule has 0 aliphatic carbocycles. The third kappa shape index (κ3) is 2.53. The van der Waals surface area contributed by atoms with Gasteiger partial charge in [-0.05, 0) is 6.07 Å². The second-order valence-corrected chi connectivity index (χ2v) is 5.11. The van der Waals surface area contributed by atoms with E-state index < -0.39 is 28.3 Å². The van der Waals surface area contributed by atoms with Crippen LogP contribution in [0.25, 0.3) is 21.9 Å². The van der Waals surface area contributed by atoms with Crippen LogP contribution in [0.5, 0.6) is 5.88 Å².